The first-order valence-corrected chi connectivity index (χ1v) is 7.93. The fourth-order valence-corrected chi connectivity index (χ4v) is 2.53. The Labute approximate surface area is 134 Å². The Morgan fingerprint density at radius 3 is 2.36 bits per heavy atom. The van der Waals surface area contributed by atoms with Crippen molar-refractivity contribution in [3.8, 4) is 0 Å². The van der Waals surface area contributed by atoms with Gasteiger partial charge in [0.1, 0.15) is 0 Å². The first kappa shape index (κ1) is 18.7. The number of rotatable bonds is 8. The van der Waals surface area contributed by atoms with Crippen LogP contribution in [0.2, 0.25) is 0 Å². The van der Waals surface area contributed by atoms with E-state index in [0.29, 0.717) is 18.5 Å². The molecule has 0 fully saturated rings. The first-order chi connectivity index (χ1) is 10.2. The molecule has 0 aliphatic heterocycles. The van der Waals surface area contributed by atoms with Gasteiger partial charge < -0.3 is 15.3 Å². The third kappa shape index (κ3) is 6.16. The highest BCUT2D eigenvalue weighted by Crippen LogP contribution is 2.23. The van der Waals surface area contributed by atoms with Crippen molar-refractivity contribution < 1.29 is 9.90 Å². The number of aliphatic hydroxyl groups is 1. The largest absolute Gasteiger partial charge is 0.385 e. The molecule has 0 aromatic heterocycles. The molecule has 0 saturated heterocycles. The summed E-state index contributed by atoms with van der Waals surface area (Å²) in [5.41, 5.74) is -0.381. The van der Waals surface area contributed by atoms with Crippen LogP contribution >= 0.6 is 0 Å². The number of nitrogens with zero attached hydrogens (tertiary/aromatic N) is 1. The quantitative estimate of drug-likeness (QED) is 0.775. The standard InChI is InChI=1S/C18H30N2O2/c1-14(2)11-16(20(4)5)13-19-17(21)12-18(3,22)15-9-7-6-8-10-15/h6-10,14,16,22H,11-13H2,1-5H3,(H,19,21). The third-order valence-electron chi connectivity index (χ3n) is 3.91. The second kappa shape index (κ2) is 8.30. The van der Waals surface area contributed by atoms with Gasteiger partial charge in [0.15, 0.2) is 0 Å². The summed E-state index contributed by atoms with van der Waals surface area (Å²) in [6.45, 7) is 6.64. The fourth-order valence-electron chi connectivity index (χ4n) is 2.53. The molecule has 0 heterocycles. The molecule has 0 aliphatic carbocycles. The molecule has 2 atom stereocenters. The van der Waals surface area contributed by atoms with Gasteiger partial charge >= 0.3 is 0 Å². The molecule has 0 spiro atoms. The van der Waals surface area contributed by atoms with Crippen LogP contribution in [0.25, 0.3) is 0 Å². The predicted molar refractivity (Wildman–Crippen MR) is 90.6 cm³/mol. The Morgan fingerprint density at radius 1 is 1.27 bits per heavy atom. The van der Waals surface area contributed by atoms with Crippen LogP contribution in [-0.2, 0) is 10.4 Å². The van der Waals surface area contributed by atoms with E-state index in [1.807, 2.05) is 44.4 Å². The fraction of sp³-hybridized carbons (Fsp3) is 0.611. The second-order valence-corrected chi connectivity index (χ2v) is 6.87. The van der Waals surface area contributed by atoms with E-state index in [4.69, 9.17) is 0 Å². The number of benzene rings is 1. The van der Waals surface area contributed by atoms with Gasteiger partial charge in [-0.3, -0.25) is 4.79 Å². The van der Waals surface area contributed by atoms with E-state index >= 15 is 0 Å². The maximum absolute atomic E-state index is 12.2. The molecular formula is C18H30N2O2. The highest BCUT2D eigenvalue weighted by molar-refractivity contribution is 5.77. The topological polar surface area (TPSA) is 52.6 Å². The third-order valence-corrected chi connectivity index (χ3v) is 3.91. The first-order valence-electron chi connectivity index (χ1n) is 7.93. The maximum atomic E-state index is 12.2. The summed E-state index contributed by atoms with van der Waals surface area (Å²) in [5, 5.41) is 13.5. The molecule has 2 unspecified atom stereocenters. The molecular weight excluding hydrogens is 276 g/mol. The number of hydrogen-bond donors (Lipinski definition) is 2. The number of carbonyl (C=O) groups excluding carboxylic acids is 1. The lowest BCUT2D eigenvalue weighted by atomic mass is 9.92. The lowest BCUT2D eigenvalue weighted by Gasteiger charge is -2.27. The van der Waals surface area contributed by atoms with Crippen LogP contribution in [0.1, 0.15) is 39.2 Å². The molecule has 0 bridgehead atoms. The van der Waals surface area contributed by atoms with Crippen molar-refractivity contribution in [3.63, 3.8) is 0 Å². The van der Waals surface area contributed by atoms with Gasteiger partial charge in [0.2, 0.25) is 5.91 Å². The number of carbonyl (C=O) groups is 1. The molecule has 1 amide bonds. The molecule has 0 radical (unpaired) electrons. The molecule has 1 rings (SSSR count). The SMILES string of the molecule is CC(C)CC(CNC(=O)CC(C)(O)c1ccccc1)N(C)C. The van der Waals surface area contributed by atoms with E-state index < -0.39 is 5.60 Å². The zero-order valence-corrected chi connectivity index (χ0v) is 14.5. The average molecular weight is 306 g/mol. The van der Waals surface area contributed by atoms with E-state index in [2.05, 4.69) is 24.1 Å². The highest BCUT2D eigenvalue weighted by atomic mass is 16.3. The van der Waals surface area contributed by atoms with Gasteiger partial charge in [-0.2, -0.15) is 0 Å². The van der Waals surface area contributed by atoms with E-state index in [0.717, 1.165) is 12.0 Å². The Kier molecular flexibility index (Phi) is 7.04. The normalized spacial score (nSPS) is 15.6. The second-order valence-electron chi connectivity index (χ2n) is 6.87. The molecule has 2 N–H and O–H groups in total. The van der Waals surface area contributed by atoms with Crippen LogP contribution in [0.5, 0.6) is 0 Å². The van der Waals surface area contributed by atoms with Crippen LogP contribution < -0.4 is 5.32 Å². The summed E-state index contributed by atoms with van der Waals surface area (Å²) in [6, 6.07) is 9.63. The smallest absolute Gasteiger partial charge is 0.223 e. The van der Waals surface area contributed by atoms with Gasteiger partial charge in [-0.1, -0.05) is 44.2 Å². The van der Waals surface area contributed by atoms with Crippen LogP contribution in [0.15, 0.2) is 30.3 Å². The Bertz CT molecular complexity index is 455. The van der Waals surface area contributed by atoms with Crippen molar-refractivity contribution in [2.24, 2.45) is 5.92 Å². The van der Waals surface area contributed by atoms with Gasteiger partial charge in [0.05, 0.1) is 12.0 Å². The number of amides is 1. The van der Waals surface area contributed by atoms with Crippen LogP contribution in [-0.4, -0.2) is 42.6 Å². The van der Waals surface area contributed by atoms with Crippen molar-refractivity contribution in [3.05, 3.63) is 35.9 Å². The molecule has 22 heavy (non-hydrogen) atoms. The minimum absolute atomic E-state index is 0.0683. The molecule has 124 valence electrons. The minimum atomic E-state index is -1.14. The molecule has 0 aliphatic rings. The number of hydrogen-bond acceptors (Lipinski definition) is 3. The number of nitrogens with one attached hydrogen (secondary N) is 1. The number of likely N-dealkylation sites (N-methyl/N-ethyl adjacent to an activating group) is 1. The lowest BCUT2D eigenvalue weighted by Crippen LogP contribution is -2.42. The average Bonchev–Trinajstić information content (AvgIpc) is 2.43. The molecule has 0 saturated carbocycles. The van der Waals surface area contributed by atoms with Crippen molar-refractivity contribution in [1.29, 1.82) is 0 Å². The summed E-state index contributed by atoms with van der Waals surface area (Å²) in [7, 11) is 4.05. The zero-order valence-electron chi connectivity index (χ0n) is 14.5. The van der Waals surface area contributed by atoms with E-state index in [9.17, 15) is 9.90 Å². The van der Waals surface area contributed by atoms with Crippen molar-refractivity contribution >= 4 is 5.91 Å². The van der Waals surface area contributed by atoms with Gasteiger partial charge in [0, 0.05) is 12.6 Å². The van der Waals surface area contributed by atoms with Crippen LogP contribution in [0.3, 0.4) is 0 Å². The minimum Gasteiger partial charge on any atom is -0.385 e. The monoisotopic (exact) mass is 306 g/mol. The van der Waals surface area contributed by atoms with Crippen LogP contribution in [0, 0.1) is 5.92 Å². The zero-order chi connectivity index (χ0) is 16.8. The molecule has 1 aromatic carbocycles. The summed E-state index contributed by atoms with van der Waals surface area (Å²) in [6.07, 6.45) is 1.10. The van der Waals surface area contributed by atoms with E-state index in [1.54, 1.807) is 6.92 Å². The Morgan fingerprint density at radius 2 is 1.86 bits per heavy atom. The van der Waals surface area contributed by atoms with E-state index in [1.165, 1.54) is 0 Å². The molecule has 4 nitrogen and oxygen atoms in total. The predicted octanol–water partition coefficient (Wildman–Crippen LogP) is 2.38. The molecule has 4 heteroatoms. The highest BCUT2D eigenvalue weighted by Gasteiger charge is 2.26. The van der Waals surface area contributed by atoms with Gasteiger partial charge in [-0.15, -0.1) is 0 Å². The summed E-state index contributed by atoms with van der Waals surface area (Å²) in [5.74, 6) is 0.459. The molecule has 1 aromatic rings. The summed E-state index contributed by atoms with van der Waals surface area (Å²) < 4.78 is 0. The summed E-state index contributed by atoms with van der Waals surface area (Å²) >= 11 is 0. The Hall–Kier alpha value is -1.39. The van der Waals surface area contributed by atoms with Crippen molar-refractivity contribution in [2.45, 2.75) is 45.3 Å². The van der Waals surface area contributed by atoms with Gasteiger partial charge in [0.25, 0.3) is 0 Å². The van der Waals surface area contributed by atoms with Crippen LogP contribution in [0.4, 0.5) is 0 Å². The van der Waals surface area contributed by atoms with Gasteiger partial charge in [-0.25, -0.2) is 0 Å². The lowest BCUT2D eigenvalue weighted by molar-refractivity contribution is -0.126. The van der Waals surface area contributed by atoms with Gasteiger partial charge in [-0.05, 0) is 38.9 Å². The maximum Gasteiger partial charge on any atom is 0.223 e. The van der Waals surface area contributed by atoms with E-state index in [-0.39, 0.29) is 12.3 Å². The van der Waals surface area contributed by atoms with Crippen molar-refractivity contribution in [1.82, 2.24) is 10.2 Å². The Balaban J connectivity index is 2.55. The summed E-state index contributed by atoms with van der Waals surface area (Å²) in [4.78, 5) is 14.3. The van der Waals surface area contributed by atoms with Crippen molar-refractivity contribution in [2.75, 3.05) is 20.6 Å².